The zero-order valence-electron chi connectivity index (χ0n) is 16.6. The van der Waals surface area contributed by atoms with Gasteiger partial charge in [0.05, 0.1) is 12.7 Å². The Balaban J connectivity index is 1.51. The Morgan fingerprint density at radius 1 is 1.24 bits per heavy atom. The van der Waals surface area contributed by atoms with Crippen LogP contribution in [0, 0.1) is 0 Å². The molecule has 0 aliphatic carbocycles. The minimum atomic E-state index is -0.235. The van der Waals surface area contributed by atoms with Crippen LogP contribution >= 0.6 is 0 Å². The van der Waals surface area contributed by atoms with Crippen molar-refractivity contribution in [3.05, 3.63) is 60.0 Å². The van der Waals surface area contributed by atoms with Gasteiger partial charge in [0, 0.05) is 12.2 Å². The largest absolute Gasteiger partial charge is 0.496 e. The van der Waals surface area contributed by atoms with Crippen LogP contribution in [0.5, 0.6) is 5.75 Å². The van der Waals surface area contributed by atoms with Crippen molar-refractivity contribution in [3.63, 3.8) is 0 Å². The number of rotatable bonds is 5. The van der Waals surface area contributed by atoms with Gasteiger partial charge in [0.15, 0.2) is 0 Å². The molecule has 7 heteroatoms. The molecule has 0 radical (unpaired) electrons. The maximum atomic E-state index is 12.8. The Kier molecular flexibility index (Phi) is 5.46. The Morgan fingerprint density at radius 3 is 2.79 bits per heavy atom. The van der Waals surface area contributed by atoms with Gasteiger partial charge in [0.1, 0.15) is 11.8 Å². The third kappa shape index (κ3) is 3.94. The minimum absolute atomic E-state index is 0.159. The number of nitrogens with one attached hydrogen (secondary N) is 1. The van der Waals surface area contributed by atoms with Crippen LogP contribution in [0.4, 0.5) is 10.5 Å². The molecule has 1 fully saturated rings. The summed E-state index contributed by atoms with van der Waals surface area (Å²) >= 11 is 0. The van der Waals surface area contributed by atoms with Crippen LogP contribution in [0.3, 0.4) is 0 Å². The maximum Gasteiger partial charge on any atom is 0.322 e. The topological polar surface area (TPSA) is 80.5 Å². The molecule has 2 amide bonds. The average Bonchev–Trinajstić information content (AvgIpc) is 3.43. The number of nitrogens with zero attached hydrogens (tertiary/aromatic N) is 3. The molecule has 0 unspecified atom stereocenters. The molecular weight excluding hydrogens is 368 g/mol. The number of amides is 2. The number of urea groups is 1. The summed E-state index contributed by atoms with van der Waals surface area (Å²) in [6.07, 6.45) is 2.64. The van der Waals surface area contributed by atoms with Crippen molar-refractivity contribution in [2.75, 3.05) is 19.0 Å². The van der Waals surface area contributed by atoms with Crippen LogP contribution in [0.1, 0.15) is 37.3 Å². The molecule has 29 heavy (non-hydrogen) atoms. The summed E-state index contributed by atoms with van der Waals surface area (Å²) in [4.78, 5) is 19.1. The van der Waals surface area contributed by atoms with Crippen LogP contribution in [0.25, 0.3) is 11.4 Å². The van der Waals surface area contributed by atoms with Crippen molar-refractivity contribution in [2.24, 2.45) is 0 Å². The van der Waals surface area contributed by atoms with E-state index in [0.717, 1.165) is 30.5 Å². The Labute approximate surface area is 169 Å². The normalized spacial score (nSPS) is 16.1. The molecule has 0 bridgehead atoms. The van der Waals surface area contributed by atoms with Crippen molar-refractivity contribution in [3.8, 4) is 17.1 Å². The quantitative estimate of drug-likeness (QED) is 0.682. The Morgan fingerprint density at radius 2 is 2.03 bits per heavy atom. The molecule has 1 aliphatic rings. The van der Waals surface area contributed by atoms with Gasteiger partial charge in [-0.25, -0.2) is 4.79 Å². The van der Waals surface area contributed by atoms with Crippen molar-refractivity contribution >= 4 is 11.7 Å². The first-order chi connectivity index (χ1) is 14.2. The highest BCUT2D eigenvalue weighted by Crippen LogP contribution is 2.34. The highest BCUT2D eigenvalue weighted by molar-refractivity contribution is 5.89. The molecule has 1 aliphatic heterocycles. The highest BCUT2D eigenvalue weighted by Gasteiger charge is 2.34. The summed E-state index contributed by atoms with van der Waals surface area (Å²) in [5, 5.41) is 7.08. The lowest BCUT2D eigenvalue weighted by Crippen LogP contribution is -2.34. The summed E-state index contributed by atoms with van der Waals surface area (Å²) in [7, 11) is 1.61. The summed E-state index contributed by atoms with van der Waals surface area (Å²) < 4.78 is 10.9. The van der Waals surface area contributed by atoms with E-state index in [9.17, 15) is 4.79 Å². The number of benzene rings is 2. The number of ether oxygens (including phenoxy) is 1. The van der Waals surface area contributed by atoms with Gasteiger partial charge < -0.3 is 19.5 Å². The Hall–Kier alpha value is -3.35. The number of carbonyl (C=O) groups is 1. The molecule has 2 aromatic carbocycles. The fourth-order valence-electron chi connectivity index (χ4n) is 3.59. The summed E-state index contributed by atoms with van der Waals surface area (Å²) in [6.45, 7) is 2.75. The molecule has 1 saturated heterocycles. The Bertz CT molecular complexity index is 984. The zero-order valence-corrected chi connectivity index (χ0v) is 16.6. The van der Waals surface area contributed by atoms with Crippen LogP contribution < -0.4 is 10.1 Å². The van der Waals surface area contributed by atoms with E-state index in [1.807, 2.05) is 48.5 Å². The number of likely N-dealkylation sites (tertiary alicyclic amines) is 1. The fourth-order valence-corrected chi connectivity index (χ4v) is 3.59. The molecule has 7 nitrogen and oxygen atoms in total. The van der Waals surface area contributed by atoms with Crippen molar-refractivity contribution in [2.45, 2.75) is 32.2 Å². The third-order valence-corrected chi connectivity index (χ3v) is 5.20. The van der Waals surface area contributed by atoms with Gasteiger partial charge in [-0.1, -0.05) is 36.3 Å². The number of aryl methyl sites for hydroxylation is 1. The molecule has 2 heterocycles. The second kappa shape index (κ2) is 8.34. The average molecular weight is 392 g/mol. The molecule has 1 N–H and O–H groups in total. The SMILES string of the molecule is CCc1ccc(NC(=O)N2CCC[C@@H]2c2nc(-c3ccccc3OC)no2)cc1. The maximum absolute atomic E-state index is 12.8. The van der Waals surface area contributed by atoms with Gasteiger partial charge in [0.25, 0.3) is 0 Å². The monoisotopic (exact) mass is 392 g/mol. The van der Waals surface area contributed by atoms with Gasteiger partial charge in [-0.3, -0.25) is 0 Å². The predicted octanol–water partition coefficient (Wildman–Crippen LogP) is 4.68. The van der Waals surface area contributed by atoms with Crippen molar-refractivity contribution in [1.29, 1.82) is 0 Å². The molecule has 1 atom stereocenters. The predicted molar refractivity (Wildman–Crippen MR) is 110 cm³/mol. The van der Waals surface area contributed by atoms with E-state index in [-0.39, 0.29) is 12.1 Å². The number of hydrogen-bond acceptors (Lipinski definition) is 5. The van der Waals surface area contributed by atoms with E-state index in [4.69, 9.17) is 9.26 Å². The second-order valence-corrected chi connectivity index (χ2v) is 6.99. The summed E-state index contributed by atoms with van der Waals surface area (Å²) in [5.41, 5.74) is 2.77. The number of aromatic nitrogens is 2. The van der Waals surface area contributed by atoms with Crippen LogP contribution in [-0.4, -0.2) is 34.7 Å². The number of methoxy groups -OCH3 is 1. The number of carbonyl (C=O) groups excluding carboxylic acids is 1. The zero-order chi connectivity index (χ0) is 20.2. The van der Waals surface area contributed by atoms with Crippen LogP contribution in [-0.2, 0) is 6.42 Å². The smallest absolute Gasteiger partial charge is 0.322 e. The van der Waals surface area contributed by atoms with E-state index in [1.165, 1.54) is 5.56 Å². The van der Waals surface area contributed by atoms with E-state index in [0.29, 0.717) is 24.0 Å². The minimum Gasteiger partial charge on any atom is -0.496 e. The lowest BCUT2D eigenvalue weighted by atomic mass is 10.1. The molecule has 3 aromatic rings. The standard InChI is InChI=1S/C22H24N4O3/c1-3-15-10-12-16(13-11-15)23-22(27)26-14-6-8-18(26)21-24-20(25-29-21)17-7-4-5-9-19(17)28-2/h4-5,7,9-13,18H,3,6,8,14H2,1-2H3,(H,23,27)/t18-/m1/s1. The number of hydrogen-bond donors (Lipinski definition) is 1. The van der Waals surface area contributed by atoms with Crippen LogP contribution in [0.2, 0.25) is 0 Å². The molecule has 4 rings (SSSR count). The number of para-hydroxylation sites is 1. The summed E-state index contributed by atoms with van der Waals surface area (Å²) in [5.74, 6) is 1.58. The first kappa shape index (κ1) is 19.0. The third-order valence-electron chi connectivity index (χ3n) is 5.20. The second-order valence-electron chi connectivity index (χ2n) is 6.99. The number of anilines is 1. The van der Waals surface area contributed by atoms with Gasteiger partial charge >= 0.3 is 6.03 Å². The van der Waals surface area contributed by atoms with E-state index in [2.05, 4.69) is 22.4 Å². The van der Waals surface area contributed by atoms with Gasteiger partial charge in [-0.15, -0.1) is 0 Å². The molecular formula is C22H24N4O3. The molecule has 0 spiro atoms. The van der Waals surface area contributed by atoms with Crippen molar-refractivity contribution in [1.82, 2.24) is 15.0 Å². The molecule has 150 valence electrons. The molecule has 1 aromatic heterocycles. The first-order valence-corrected chi connectivity index (χ1v) is 9.83. The van der Waals surface area contributed by atoms with E-state index < -0.39 is 0 Å². The van der Waals surface area contributed by atoms with Crippen molar-refractivity contribution < 1.29 is 14.1 Å². The lowest BCUT2D eigenvalue weighted by molar-refractivity contribution is 0.193. The van der Waals surface area contributed by atoms with Crippen LogP contribution in [0.15, 0.2) is 53.1 Å². The highest BCUT2D eigenvalue weighted by atomic mass is 16.5. The lowest BCUT2D eigenvalue weighted by Gasteiger charge is -2.22. The fraction of sp³-hybridized carbons (Fsp3) is 0.318. The molecule has 0 saturated carbocycles. The van der Waals surface area contributed by atoms with Gasteiger partial charge in [0.2, 0.25) is 11.7 Å². The van der Waals surface area contributed by atoms with Gasteiger partial charge in [-0.05, 0) is 49.1 Å². The van der Waals surface area contributed by atoms with E-state index in [1.54, 1.807) is 12.0 Å². The van der Waals surface area contributed by atoms with Gasteiger partial charge in [-0.2, -0.15) is 4.98 Å². The first-order valence-electron chi connectivity index (χ1n) is 9.83. The summed E-state index contributed by atoms with van der Waals surface area (Å²) in [6, 6.07) is 15.0. The van der Waals surface area contributed by atoms with E-state index >= 15 is 0 Å².